The van der Waals surface area contributed by atoms with Crippen LogP contribution in [-0.4, -0.2) is 21.0 Å². The van der Waals surface area contributed by atoms with E-state index >= 15 is 0 Å². The summed E-state index contributed by atoms with van der Waals surface area (Å²) < 4.78 is 5.39. The van der Waals surface area contributed by atoms with E-state index in [9.17, 15) is 15.0 Å². The van der Waals surface area contributed by atoms with Crippen molar-refractivity contribution < 1.29 is 19.4 Å². The minimum atomic E-state index is -0.591. The van der Waals surface area contributed by atoms with Gasteiger partial charge in [0.1, 0.15) is 11.9 Å². The highest BCUT2D eigenvalue weighted by atomic mass is 35.5. The highest BCUT2D eigenvalue weighted by Crippen LogP contribution is 2.40. The number of carbonyl (C=O) groups is 1. The number of para-hydroxylation sites is 1. The quantitative estimate of drug-likeness (QED) is 0.604. The summed E-state index contributed by atoms with van der Waals surface area (Å²) in [6.07, 6.45) is 0.954. The van der Waals surface area contributed by atoms with E-state index in [1.165, 1.54) is 12.1 Å². The lowest BCUT2D eigenvalue weighted by atomic mass is 10.0. The number of aromatic hydroxyl groups is 2. The molecular formula is C19H15ClN2O4. The third-order valence-electron chi connectivity index (χ3n) is 4.31. The zero-order chi connectivity index (χ0) is 18.3. The average Bonchev–Trinajstić information content (AvgIpc) is 3.15. The maximum Gasteiger partial charge on any atom is 0.258 e. The molecule has 1 aliphatic rings. The van der Waals surface area contributed by atoms with Gasteiger partial charge in [0, 0.05) is 11.3 Å². The van der Waals surface area contributed by atoms with E-state index in [1.807, 2.05) is 12.1 Å². The molecule has 0 aliphatic carbocycles. The topological polar surface area (TPSA) is 85.9 Å². The van der Waals surface area contributed by atoms with Gasteiger partial charge >= 0.3 is 0 Å². The fourth-order valence-corrected chi connectivity index (χ4v) is 3.28. The van der Waals surface area contributed by atoms with Crippen LogP contribution in [0.2, 0.25) is 5.02 Å². The number of fused-ring (bicyclic) bond motifs is 1. The summed E-state index contributed by atoms with van der Waals surface area (Å²) in [4.78, 5) is 14.6. The Balaban J connectivity index is 1.80. The molecule has 4 rings (SSSR count). The zero-order valence-corrected chi connectivity index (χ0v) is 14.3. The van der Waals surface area contributed by atoms with Crippen LogP contribution in [0.5, 0.6) is 11.5 Å². The summed E-state index contributed by atoms with van der Waals surface area (Å²) in [5, 5.41) is 22.9. The van der Waals surface area contributed by atoms with Gasteiger partial charge in [-0.3, -0.25) is 4.79 Å². The van der Waals surface area contributed by atoms with Gasteiger partial charge in [0.05, 0.1) is 23.4 Å². The van der Waals surface area contributed by atoms with Crippen molar-refractivity contribution in [3.05, 3.63) is 76.7 Å². The molecule has 3 aromatic rings. The van der Waals surface area contributed by atoms with Gasteiger partial charge in [0.15, 0.2) is 11.5 Å². The Kier molecular flexibility index (Phi) is 3.97. The molecule has 2 heterocycles. The molecule has 0 fully saturated rings. The van der Waals surface area contributed by atoms with Gasteiger partial charge in [-0.15, -0.1) is 0 Å². The van der Waals surface area contributed by atoms with Gasteiger partial charge in [-0.05, 0) is 36.4 Å². The van der Waals surface area contributed by atoms with Crippen molar-refractivity contribution in [3.8, 4) is 11.5 Å². The highest BCUT2D eigenvalue weighted by Gasteiger charge is 2.34. The van der Waals surface area contributed by atoms with Crippen molar-refractivity contribution >= 4 is 23.2 Å². The second-order valence-electron chi connectivity index (χ2n) is 5.98. The van der Waals surface area contributed by atoms with Gasteiger partial charge in [-0.2, -0.15) is 0 Å². The Morgan fingerprint density at radius 2 is 1.96 bits per heavy atom. The van der Waals surface area contributed by atoms with Crippen molar-refractivity contribution in [1.82, 2.24) is 4.90 Å². The second-order valence-corrected chi connectivity index (χ2v) is 6.38. The van der Waals surface area contributed by atoms with E-state index in [1.54, 1.807) is 35.4 Å². The number of hydrogen-bond donors (Lipinski definition) is 3. The van der Waals surface area contributed by atoms with Gasteiger partial charge in [0.25, 0.3) is 5.91 Å². The molecule has 1 atom stereocenters. The minimum Gasteiger partial charge on any atom is -0.504 e. The Bertz CT molecular complexity index is 948. The van der Waals surface area contributed by atoms with Crippen molar-refractivity contribution in [2.45, 2.75) is 12.7 Å². The highest BCUT2D eigenvalue weighted by molar-refractivity contribution is 6.32. The fourth-order valence-electron chi connectivity index (χ4n) is 3.05. The first-order valence-corrected chi connectivity index (χ1v) is 8.32. The molecule has 26 heavy (non-hydrogen) atoms. The first-order chi connectivity index (χ1) is 12.5. The van der Waals surface area contributed by atoms with Gasteiger partial charge in [-0.25, -0.2) is 0 Å². The maximum atomic E-state index is 13.1. The van der Waals surface area contributed by atoms with Gasteiger partial charge in [-0.1, -0.05) is 23.7 Å². The number of anilines is 1. The summed E-state index contributed by atoms with van der Waals surface area (Å²) in [6.45, 7) is 0.233. The minimum absolute atomic E-state index is 0.00561. The number of phenols is 2. The number of halogens is 1. The lowest BCUT2D eigenvalue weighted by molar-refractivity contribution is 0.0651. The van der Waals surface area contributed by atoms with E-state index < -0.39 is 11.9 Å². The normalized spacial score (nSPS) is 16.3. The Hall–Kier alpha value is -3.12. The number of benzene rings is 2. The van der Waals surface area contributed by atoms with Crippen LogP contribution in [0.15, 0.2) is 59.2 Å². The van der Waals surface area contributed by atoms with Crippen LogP contribution < -0.4 is 5.32 Å². The van der Waals surface area contributed by atoms with E-state index in [0.29, 0.717) is 22.6 Å². The maximum absolute atomic E-state index is 13.1. The van der Waals surface area contributed by atoms with Crippen LogP contribution >= 0.6 is 11.6 Å². The standard InChI is InChI=1S/C19H15ClN2O4/c20-14-8-11(9-16(23)17(14)24)18-21-15-6-2-1-5-13(15)19(25)22(18)10-12-4-3-7-26-12/h1-9,18,21,23-24H,10H2/t18-/m1/s1. The lowest BCUT2D eigenvalue weighted by Gasteiger charge is -2.37. The number of amides is 1. The van der Waals surface area contributed by atoms with Crippen LogP contribution in [0.25, 0.3) is 0 Å². The molecule has 0 unspecified atom stereocenters. The first kappa shape index (κ1) is 16.4. The van der Waals surface area contributed by atoms with Crippen molar-refractivity contribution in [3.63, 3.8) is 0 Å². The average molecular weight is 371 g/mol. The number of rotatable bonds is 3. The predicted octanol–water partition coefficient (Wildman–Crippen LogP) is 4.11. The number of nitrogens with one attached hydrogen (secondary N) is 1. The molecule has 2 aromatic carbocycles. The number of phenolic OH excluding ortho intramolecular Hbond substituents is 2. The molecule has 3 N–H and O–H groups in total. The molecule has 1 aromatic heterocycles. The third kappa shape index (κ3) is 2.74. The molecule has 0 radical (unpaired) electrons. The van der Waals surface area contributed by atoms with Crippen LogP contribution in [0, 0.1) is 0 Å². The Morgan fingerprint density at radius 3 is 2.69 bits per heavy atom. The monoisotopic (exact) mass is 370 g/mol. The largest absolute Gasteiger partial charge is 0.504 e. The fraction of sp³-hybridized carbons (Fsp3) is 0.105. The SMILES string of the molecule is O=C1c2ccccc2N[C@@H](c2cc(O)c(O)c(Cl)c2)N1Cc1ccco1. The summed E-state index contributed by atoms with van der Waals surface area (Å²) in [5.74, 6) is -0.294. The lowest BCUT2D eigenvalue weighted by Crippen LogP contribution is -2.42. The van der Waals surface area contributed by atoms with Crippen LogP contribution in [-0.2, 0) is 6.54 Å². The summed E-state index contributed by atoms with van der Waals surface area (Å²) in [7, 11) is 0. The van der Waals surface area contributed by atoms with E-state index in [4.69, 9.17) is 16.0 Å². The molecule has 1 amide bonds. The second kappa shape index (κ2) is 6.31. The van der Waals surface area contributed by atoms with E-state index in [0.717, 1.165) is 0 Å². The summed E-state index contributed by atoms with van der Waals surface area (Å²) in [5.41, 5.74) is 1.77. The number of hydrogen-bond acceptors (Lipinski definition) is 5. The Morgan fingerprint density at radius 1 is 1.15 bits per heavy atom. The van der Waals surface area contributed by atoms with E-state index in [2.05, 4.69) is 5.32 Å². The van der Waals surface area contributed by atoms with Gasteiger partial charge < -0.3 is 24.8 Å². The van der Waals surface area contributed by atoms with Crippen LogP contribution in [0.4, 0.5) is 5.69 Å². The molecular weight excluding hydrogens is 356 g/mol. The molecule has 6 nitrogen and oxygen atoms in total. The molecule has 0 bridgehead atoms. The molecule has 0 spiro atoms. The smallest absolute Gasteiger partial charge is 0.258 e. The molecule has 1 aliphatic heterocycles. The zero-order valence-electron chi connectivity index (χ0n) is 13.5. The molecule has 0 saturated heterocycles. The Labute approximate surface area is 154 Å². The van der Waals surface area contributed by atoms with Crippen molar-refractivity contribution in [1.29, 1.82) is 0 Å². The number of nitrogens with zero attached hydrogens (tertiary/aromatic N) is 1. The molecule has 0 saturated carbocycles. The summed E-state index contributed by atoms with van der Waals surface area (Å²) >= 11 is 6.01. The third-order valence-corrected chi connectivity index (χ3v) is 4.60. The van der Waals surface area contributed by atoms with Gasteiger partial charge in [0.2, 0.25) is 0 Å². The van der Waals surface area contributed by atoms with Crippen LogP contribution in [0.1, 0.15) is 27.8 Å². The van der Waals surface area contributed by atoms with Crippen molar-refractivity contribution in [2.24, 2.45) is 0 Å². The first-order valence-electron chi connectivity index (χ1n) is 7.95. The summed E-state index contributed by atoms with van der Waals surface area (Å²) in [6, 6.07) is 13.6. The predicted molar refractivity (Wildman–Crippen MR) is 96.2 cm³/mol. The van der Waals surface area contributed by atoms with E-state index in [-0.39, 0.29) is 23.2 Å². The molecule has 7 heteroatoms. The number of furan rings is 1. The van der Waals surface area contributed by atoms with Crippen LogP contribution in [0.3, 0.4) is 0 Å². The number of carbonyl (C=O) groups excluding carboxylic acids is 1. The van der Waals surface area contributed by atoms with Crippen molar-refractivity contribution in [2.75, 3.05) is 5.32 Å². The molecule has 132 valence electrons.